The van der Waals surface area contributed by atoms with Gasteiger partial charge in [-0.15, -0.1) is 10.2 Å². The quantitative estimate of drug-likeness (QED) is 0.667. The van der Waals surface area contributed by atoms with Crippen molar-refractivity contribution in [3.8, 4) is 0 Å². The van der Waals surface area contributed by atoms with Crippen LogP contribution in [0.2, 0.25) is 0 Å². The van der Waals surface area contributed by atoms with Gasteiger partial charge in [0.15, 0.2) is 5.82 Å². The summed E-state index contributed by atoms with van der Waals surface area (Å²) < 4.78 is 24.2. The van der Waals surface area contributed by atoms with E-state index in [0.29, 0.717) is 28.4 Å². The molecule has 2 heterocycles. The van der Waals surface area contributed by atoms with Crippen molar-refractivity contribution in [1.29, 1.82) is 0 Å². The predicted molar refractivity (Wildman–Crippen MR) is 76.8 cm³/mol. The van der Waals surface area contributed by atoms with Gasteiger partial charge in [0, 0.05) is 0 Å². The molecule has 0 radical (unpaired) electrons. The van der Waals surface area contributed by atoms with Gasteiger partial charge < -0.3 is 8.94 Å². The normalized spacial score (nSPS) is 12.5. The van der Waals surface area contributed by atoms with E-state index >= 15 is 0 Å². The van der Waals surface area contributed by atoms with Crippen LogP contribution in [0.3, 0.4) is 0 Å². The number of nitrogens with zero attached hydrogens (tertiary/aromatic N) is 4. The summed E-state index contributed by atoms with van der Waals surface area (Å²) in [4.78, 5) is 4.15. The summed E-state index contributed by atoms with van der Waals surface area (Å²) in [7, 11) is 0. The topological polar surface area (TPSA) is 77.8 Å². The Morgan fingerprint density at radius 2 is 2.09 bits per heavy atom. The van der Waals surface area contributed by atoms with Gasteiger partial charge >= 0.3 is 0 Å². The fourth-order valence-electron chi connectivity index (χ4n) is 1.84. The van der Waals surface area contributed by atoms with Crippen molar-refractivity contribution in [2.45, 2.75) is 30.7 Å². The van der Waals surface area contributed by atoms with Crippen LogP contribution in [0, 0.1) is 12.7 Å². The molecule has 0 aliphatic heterocycles. The van der Waals surface area contributed by atoms with E-state index in [1.807, 2.05) is 6.92 Å². The molecule has 1 aromatic carbocycles. The Labute approximate surface area is 130 Å². The van der Waals surface area contributed by atoms with Crippen LogP contribution < -0.4 is 0 Å². The molecule has 0 spiro atoms. The Balaban J connectivity index is 1.67. The summed E-state index contributed by atoms with van der Waals surface area (Å²) >= 11 is 1.32. The number of halogens is 1. The van der Waals surface area contributed by atoms with Crippen LogP contribution in [-0.4, -0.2) is 20.3 Å². The van der Waals surface area contributed by atoms with Crippen molar-refractivity contribution >= 4 is 11.8 Å². The first-order valence-electron chi connectivity index (χ1n) is 6.64. The number of rotatable bonds is 5. The molecule has 3 aromatic rings. The van der Waals surface area contributed by atoms with E-state index in [-0.39, 0.29) is 17.5 Å². The zero-order valence-corrected chi connectivity index (χ0v) is 12.8. The molecular weight excluding hydrogens is 307 g/mol. The standard InChI is InChI=1S/C14H13FN4O2S/c1-8(13-16-9(2)19-21-13)22-14-18-17-12(20-14)7-10-5-3-4-6-11(10)15/h3-6,8H,7H2,1-2H3/t8-/m1/s1. The molecule has 3 rings (SSSR count). The average molecular weight is 320 g/mol. The SMILES string of the molecule is Cc1noc([C@@H](C)Sc2nnc(Cc3ccccc3F)o2)n1. The fourth-order valence-corrected chi connectivity index (χ4v) is 2.57. The zero-order valence-electron chi connectivity index (χ0n) is 12.0. The van der Waals surface area contributed by atoms with Gasteiger partial charge in [0.2, 0.25) is 11.8 Å². The molecule has 8 heteroatoms. The van der Waals surface area contributed by atoms with Gasteiger partial charge in [0.05, 0.1) is 11.7 Å². The van der Waals surface area contributed by atoms with Crippen LogP contribution >= 0.6 is 11.8 Å². The molecule has 22 heavy (non-hydrogen) atoms. The Morgan fingerprint density at radius 1 is 1.27 bits per heavy atom. The monoisotopic (exact) mass is 320 g/mol. The zero-order chi connectivity index (χ0) is 15.5. The number of aryl methyl sites for hydroxylation is 1. The van der Waals surface area contributed by atoms with Gasteiger partial charge in [0.1, 0.15) is 5.82 Å². The molecule has 0 N–H and O–H groups in total. The molecule has 0 saturated heterocycles. The molecular formula is C14H13FN4O2S. The molecule has 0 bridgehead atoms. The molecule has 0 amide bonds. The third-order valence-electron chi connectivity index (χ3n) is 2.92. The van der Waals surface area contributed by atoms with Crippen molar-refractivity contribution in [2.24, 2.45) is 0 Å². The summed E-state index contributed by atoms with van der Waals surface area (Å²) in [6.07, 6.45) is 0.258. The second-order valence-corrected chi connectivity index (χ2v) is 5.96. The lowest BCUT2D eigenvalue weighted by Crippen LogP contribution is -1.92. The molecule has 0 unspecified atom stereocenters. The number of aromatic nitrogens is 4. The number of thioether (sulfide) groups is 1. The van der Waals surface area contributed by atoms with E-state index in [0.717, 1.165) is 0 Å². The van der Waals surface area contributed by atoms with Crippen molar-refractivity contribution in [3.05, 3.63) is 53.3 Å². The van der Waals surface area contributed by atoms with Crippen LogP contribution in [0.1, 0.15) is 35.3 Å². The predicted octanol–water partition coefficient (Wildman–Crippen LogP) is 3.34. The van der Waals surface area contributed by atoms with Gasteiger partial charge in [-0.05, 0) is 25.5 Å². The first-order valence-corrected chi connectivity index (χ1v) is 7.52. The van der Waals surface area contributed by atoms with Gasteiger partial charge in [-0.3, -0.25) is 0 Å². The third-order valence-corrected chi connectivity index (χ3v) is 3.84. The Morgan fingerprint density at radius 3 is 2.82 bits per heavy atom. The first kappa shape index (κ1) is 14.7. The summed E-state index contributed by atoms with van der Waals surface area (Å²) in [5.74, 6) is 1.15. The molecule has 0 saturated carbocycles. The lowest BCUT2D eigenvalue weighted by molar-refractivity contribution is 0.374. The highest BCUT2D eigenvalue weighted by atomic mass is 32.2. The van der Waals surface area contributed by atoms with E-state index in [9.17, 15) is 4.39 Å². The van der Waals surface area contributed by atoms with Crippen molar-refractivity contribution < 1.29 is 13.3 Å². The van der Waals surface area contributed by atoms with Gasteiger partial charge in [-0.1, -0.05) is 35.1 Å². The molecule has 0 aliphatic rings. The maximum absolute atomic E-state index is 13.6. The van der Waals surface area contributed by atoms with E-state index in [2.05, 4.69) is 20.3 Å². The highest BCUT2D eigenvalue weighted by molar-refractivity contribution is 7.99. The molecule has 0 fully saturated rings. The molecule has 2 aromatic heterocycles. The lowest BCUT2D eigenvalue weighted by Gasteiger charge is -2.01. The largest absolute Gasteiger partial charge is 0.416 e. The summed E-state index contributed by atoms with van der Waals surface area (Å²) in [6, 6.07) is 6.50. The number of hydrogen-bond donors (Lipinski definition) is 0. The number of hydrogen-bond acceptors (Lipinski definition) is 7. The first-order chi connectivity index (χ1) is 10.6. The van der Waals surface area contributed by atoms with Crippen molar-refractivity contribution in [2.75, 3.05) is 0 Å². The van der Waals surface area contributed by atoms with Crippen LogP contribution in [0.25, 0.3) is 0 Å². The van der Waals surface area contributed by atoms with E-state index < -0.39 is 0 Å². The summed E-state index contributed by atoms with van der Waals surface area (Å²) in [5, 5.41) is 11.9. The Bertz CT molecular complexity index is 774. The minimum Gasteiger partial charge on any atom is -0.416 e. The van der Waals surface area contributed by atoms with Crippen LogP contribution in [0.5, 0.6) is 0 Å². The second-order valence-electron chi connectivity index (χ2n) is 4.67. The summed E-state index contributed by atoms with van der Waals surface area (Å²) in [5.41, 5.74) is 0.517. The second kappa shape index (κ2) is 6.27. The van der Waals surface area contributed by atoms with Crippen LogP contribution in [-0.2, 0) is 6.42 Å². The van der Waals surface area contributed by atoms with Crippen LogP contribution in [0.15, 0.2) is 38.4 Å². The average Bonchev–Trinajstić information content (AvgIpc) is 3.11. The minimum absolute atomic E-state index is 0.108. The molecule has 114 valence electrons. The van der Waals surface area contributed by atoms with Crippen LogP contribution in [0.4, 0.5) is 4.39 Å². The Kier molecular flexibility index (Phi) is 4.19. The van der Waals surface area contributed by atoms with Crippen molar-refractivity contribution in [3.63, 3.8) is 0 Å². The van der Waals surface area contributed by atoms with Gasteiger partial charge in [-0.25, -0.2) is 4.39 Å². The highest BCUT2D eigenvalue weighted by Gasteiger charge is 2.18. The van der Waals surface area contributed by atoms with E-state index in [1.54, 1.807) is 25.1 Å². The minimum atomic E-state index is -0.287. The molecule has 0 aliphatic carbocycles. The fraction of sp³-hybridized carbons (Fsp3) is 0.286. The van der Waals surface area contributed by atoms with E-state index in [4.69, 9.17) is 8.94 Å². The maximum Gasteiger partial charge on any atom is 0.277 e. The highest BCUT2D eigenvalue weighted by Crippen LogP contribution is 2.33. The smallest absolute Gasteiger partial charge is 0.277 e. The molecule has 1 atom stereocenters. The van der Waals surface area contributed by atoms with Gasteiger partial charge in [-0.2, -0.15) is 4.98 Å². The van der Waals surface area contributed by atoms with E-state index in [1.165, 1.54) is 17.8 Å². The Hall–Kier alpha value is -2.22. The lowest BCUT2D eigenvalue weighted by atomic mass is 10.1. The number of benzene rings is 1. The van der Waals surface area contributed by atoms with Crippen molar-refractivity contribution in [1.82, 2.24) is 20.3 Å². The molecule has 6 nitrogen and oxygen atoms in total. The van der Waals surface area contributed by atoms with Gasteiger partial charge in [0.25, 0.3) is 5.22 Å². The third kappa shape index (κ3) is 3.33. The maximum atomic E-state index is 13.6. The summed E-state index contributed by atoms with van der Waals surface area (Å²) in [6.45, 7) is 3.65.